The smallest absolute Gasteiger partial charge is 0.317 e. The van der Waals surface area contributed by atoms with Crippen LogP contribution in [-0.4, -0.2) is 40.1 Å². The number of likely N-dealkylation sites (tertiary alicyclic amines) is 1. The van der Waals surface area contributed by atoms with Crippen LogP contribution in [0.2, 0.25) is 5.02 Å². The number of nitrogens with one attached hydrogen (secondary N) is 2. The van der Waals surface area contributed by atoms with Crippen LogP contribution in [0.5, 0.6) is 0 Å². The van der Waals surface area contributed by atoms with Crippen LogP contribution in [-0.2, 0) is 0 Å². The molecule has 1 aromatic carbocycles. The molecule has 138 valence electrons. The molecule has 0 bridgehead atoms. The summed E-state index contributed by atoms with van der Waals surface area (Å²) in [5.74, 6) is -0.337. The van der Waals surface area contributed by atoms with Crippen molar-refractivity contribution < 1.29 is 9.59 Å². The van der Waals surface area contributed by atoms with E-state index in [4.69, 9.17) is 11.6 Å². The van der Waals surface area contributed by atoms with Gasteiger partial charge < -0.3 is 15.5 Å². The highest BCUT2D eigenvalue weighted by atomic mass is 35.5. The summed E-state index contributed by atoms with van der Waals surface area (Å²) in [6, 6.07) is 6.69. The number of amides is 3. The number of carbonyl (C=O) groups excluding carboxylic acids is 2. The summed E-state index contributed by atoms with van der Waals surface area (Å²) in [6.07, 6.45) is 2.62. The normalized spacial score (nSPS) is 16.5. The van der Waals surface area contributed by atoms with Crippen LogP contribution in [0, 0.1) is 0 Å². The maximum Gasteiger partial charge on any atom is 0.317 e. The molecule has 9 heteroatoms. The van der Waals surface area contributed by atoms with E-state index in [-0.39, 0.29) is 23.0 Å². The van der Waals surface area contributed by atoms with E-state index >= 15 is 0 Å². The molecule has 1 aromatic heterocycles. The predicted molar refractivity (Wildman–Crippen MR) is 102 cm³/mol. The van der Waals surface area contributed by atoms with Crippen molar-refractivity contribution in [1.82, 2.24) is 20.4 Å². The average Bonchev–Trinajstić information content (AvgIpc) is 3.28. The van der Waals surface area contributed by atoms with Crippen LogP contribution in [0.25, 0.3) is 0 Å². The van der Waals surface area contributed by atoms with Gasteiger partial charge in [-0.25, -0.2) is 4.79 Å². The fourth-order valence-electron chi connectivity index (χ4n) is 2.81. The topological polar surface area (TPSA) is 87.2 Å². The predicted octanol–water partition coefficient (Wildman–Crippen LogP) is 3.70. The molecule has 2 N–H and O–H groups in total. The number of carbonyl (C=O) groups is 2. The summed E-state index contributed by atoms with van der Waals surface area (Å²) in [7, 11) is 0. The van der Waals surface area contributed by atoms with Gasteiger partial charge in [0.05, 0.1) is 6.04 Å². The second-order valence-electron chi connectivity index (χ2n) is 5.99. The first kappa shape index (κ1) is 18.6. The highest BCUT2D eigenvalue weighted by Crippen LogP contribution is 2.33. The first-order valence-electron chi connectivity index (χ1n) is 8.53. The van der Waals surface area contributed by atoms with Crippen molar-refractivity contribution >= 4 is 40.6 Å². The first-order valence-corrected chi connectivity index (χ1v) is 9.72. The molecule has 26 heavy (non-hydrogen) atoms. The van der Waals surface area contributed by atoms with E-state index in [0.717, 1.165) is 19.3 Å². The summed E-state index contributed by atoms with van der Waals surface area (Å²) in [4.78, 5) is 26.4. The Morgan fingerprint density at radius 3 is 3.00 bits per heavy atom. The molecule has 1 aliphatic rings. The number of rotatable bonds is 5. The van der Waals surface area contributed by atoms with Crippen molar-refractivity contribution in [3.05, 3.63) is 39.3 Å². The second kappa shape index (κ2) is 8.46. The monoisotopic (exact) mass is 393 g/mol. The van der Waals surface area contributed by atoms with Gasteiger partial charge >= 0.3 is 6.03 Å². The lowest BCUT2D eigenvalue weighted by Crippen LogP contribution is -2.39. The molecule has 0 saturated carbocycles. The molecule has 0 aliphatic carbocycles. The molecule has 0 spiro atoms. The van der Waals surface area contributed by atoms with E-state index < -0.39 is 0 Å². The van der Waals surface area contributed by atoms with Gasteiger partial charge in [0, 0.05) is 23.8 Å². The van der Waals surface area contributed by atoms with Crippen LogP contribution < -0.4 is 10.6 Å². The number of nitrogens with zero attached hydrogens (tertiary/aromatic N) is 3. The maximum absolute atomic E-state index is 12.4. The van der Waals surface area contributed by atoms with Gasteiger partial charge in [0.2, 0.25) is 5.01 Å². The second-order valence-corrected chi connectivity index (χ2v) is 7.44. The Bertz CT molecular complexity index is 797. The quantitative estimate of drug-likeness (QED) is 0.810. The highest BCUT2D eigenvalue weighted by Gasteiger charge is 2.33. The lowest BCUT2D eigenvalue weighted by molar-refractivity contribution is 0.102. The highest BCUT2D eigenvalue weighted by molar-refractivity contribution is 7.13. The van der Waals surface area contributed by atoms with Gasteiger partial charge in [0.15, 0.2) is 0 Å². The zero-order valence-corrected chi connectivity index (χ0v) is 15.9. The Hall–Kier alpha value is -2.19. The van der Waals surface area contributed by atoms with Gasteiger partial charge in [-0.1, -0.05) is 35.9 Å². The molecule has 1 unspecified atom stereocenters. The molecule has 3 rings (SSSR count). The zero-order chi connectivity index (χ0) is 18.5. The molecule has 1 fully saturated rings. The molecule has 1 aliphatic heterocycles. The first-order chi connectivity index (χ1) is 12.6. The van der Waals surface area contributed by atoms with E-state index in [1.165, 1.54) is 11.3 Å². The fourth-order valence-corrected chi connectivity index (χ4v) is 3.89. The molecule has 2 heterocycles. The van der Waals surface area contributed by atoms with Crippen molar-refractivity contribution in [1.29, 1.82) is 0 Å². The molecule has 7 nitrogen and oxygen atoms in total. The summed E-state index contributed by atoms with van der Waals surface area (Å²) < 4.78 is 0. The number of hydrogen-bond donors (Lipinski definition) is 2. The summed E-state index contributed by atoms with van der Waals surface area (Å²) in [5, 5.41) is 15.3. The maximum atomic E-state index is 12.4. The van der Waals surface area contributed by atoms with Crippen molar-refractivity contribution in [2.75, 3.05) is 18.4 Å². The Balaban J connectivity index is 1.68. The minimum atomic E-state index is -0.337. The number of benzene rings is 1. The van der Waals surface area contributed by atoms with Crippen molar-refractivity contribution in [3.8, 4) is 0 Å². The number of anilines is 1. The van der Waals surface area contributed by atoms with Crippen LogP contribution in [0.15, 0.2) is 24.3 Å². The summed E-state index contributed by atoms with van der Waals surface area (Å²) >= 11 is 7.14. The Morgan fingerprint density at radius 1 is 1.38 bits per heavy atom. The fraction of sp³-hybridized carbons (Fsp3) is 0.412. The Kier molecular flexibility index (Phi) is 6.05. The molecule has 2 aromatic rings. The summed E-state index contributed by atoms with van der Waals surface area (Å²) in [6.45, 7) is 3.34. The third-order valence-corrected chi connectivity index (χ3v) is 5.30. The molecule has 0 radical (unpaired) electrons. The lowest BCUT2D eigenvalue weighted by Gasteiger charge is -2.22. The molecular weight excluding hydrogens is 374 g/mol. The van der Waals surface area contributed by atoms with Gasteiger partial charge in [0.1, 0.15) is 5.01 Å². The van der Waals surface area contributed by atoms with Crippen LogP contribution in [0.1, 0.15) is 47.0 Å². The van der Waals surface area contributed by atoms with Crippen LogP contribution in [0.3, 0.4) is 0 Å². The number of hydrogen-bond acceptors (Lipinski definition) is 5. The van der Waals surface area contributed by atoms with Crippen molar-refractivity contribution in [3.63, 3.8) is 0 Å². The van der Waals surface area contributed by atoms with Crippen molar-refractivity contribution in [2.24, 2.45) is 0 Å². The molecule has 3 amide bonds. The van der Waals surface area contributed by atoms with E-state index in [1.54, 1.807) is 29.2 Å². The third-order valence-electron chi connectivity index (χ3n) is 4.04. The van der Waals surface area contributed by atoms with E-state index in [9.17, 15) is 9.59 Å². The van der Waals surface area contributed by atoms with Gasteiger partial charge in [-0.05, 0) is 37.5 Å². The van der Waals surface area contributed by atoms with Crippen LogP contribution in [0.4, 0.5) is 10.5 Å². The summed E-state index contributed by atoms with van der Waals surface area (Å²) in [5.41, 5.74) is 0.598. The van der Waals surface area contributed by atoms with E-state index in [0.29, 0.717) is 28.8 Å². The lowest BCUT2D eigenvalue weighted by atomic mass is 10.2. The van der Waals surface area contributed by atoms with Gasteiger partial charge in [0.25, 0.3) is 5.91 Å². The zero-order valence-electron chi connectivity index (χ0n) is 14.4. The molecular formula is C17H20ClN5O2S. The van der Waals surface area contributed by atoms with Gasteiger partial charge in [-0.2, -0.15) is 0 Å². The Morgan fingerprint density at radius 2 is 2.23 bits per heavy atom. The van der Waals surface area contributed by atoms with Crippen molar-refractivity contribution in [2.45, 2.75) is 32.2 Å². The third kappa shape index (κ3) is 4.31. The minimum absolute atomic E-state index is 0.0884. The molecule has 1 atom stereocenters. The largest absolute Gasteiger partial charge is 0.338 e. The van der Waals surface area contributed by atoms with E-state index in [2.05, 4.69) is 20.8 Å². The van der Waals surface area contributed by atoms with E-state index in [1.807, 2.05) is 6.92 Å². The number of urea groups is 1. The Labute approximate surface area is 160 Å². The van der Waals surface area contributed by atoms with Gasteiger partial charge in [-0.3, -0.25) is 4.79 Å². The molecule has 1 saturated heterocycles. The average molecular weight is 394 g/mol. The number of halogens is 1. The SMILES string of the molecule is CCCNC(=O)N1CCCC1c1nnc(C(=O)Nc2cccc(Cl)c2)s1. The van der Waals surface area contributed by atoms with Gasteiger partial charge in [-0.15, -0.1) is 10.2 Å². The minimum Gasteiger partial charge on any atom is -0.338 e. The standard InChI is InChI=1S/C17H20ClN5O2S/c1-2-8-19-17(25)23-9-4-7-13(23)15-21-22-16(26-15)14(24)20-12-6-3-5-11(18)10-12/h3,5-6,10,13H,2,4,7-9H2,1H3,(H,19,25)(H,20,24). The number of aromatic nitrogens is 2. The van der Waals surface area contributed by atoms with Crippen LogP contribution >= 0.6 is 22.9 Å².